The fourth-order valence-electron chi connectivity index (χ4n) is 3.82. The molecule has 0 bridgehead atoms. The third kappa shape index (κ3) is 4.61. The fourth-order valence-corrected chi connectivity index (χ4v) is 3.95. The second kappa shape index (κ2) is 8.53. The summed E-state index contributed by atoms with van der Waals surface area (Å²) in [4.78, 5) is 19.3. The number of H-pyrrole nitrogens is 1. The molecule has 152 valence electrons. The normalized spacial score (nSPS) is 16.3. The van der Waals surface area contributed by atoms with E-state index in [-0.39, 0.29) is 5.56 Å². The van der Waals surface area contributed by atoms with Crippen LogP contribution in [0.15, 0.2) is 53.3 Å². The molecule has 1 aromatic heterocycles. The zero-order valence-electron chi connectivity index (χ0n) is 15.9. The van der Waals surface area contributed by atoms with Crippen molar-refractivity contribution in [2.24, 2.45) is 0 Å². The summed E-state index contributed by atoms with van der Waals surface area (Å²) in [6, 6.07) is 13.8. The molecule has 29 heavy (non-hydrogen) atoms. The highest BCUT2D eigenvalue weighted by Gasteiger charge is 2.22. The number of aromatic nitrogens is 1. The van der Waals surface area contributed by atoms with Crippen LogP contribution >= 0.6 is 11.6 Å². The molecule has 1 saturated heterocycles. The smallest absolute Gasteiger partial charge is 0.256 e. The molecule has 1 aliphatic rings. The average Bonchev–Trinajstić information content (AvgIpc) is 2.73. The highest BCUT2D eigenvalue weighted by atomic mass is 35.5. The molecule has 1 atom stereocenters. The number of fused-ring (bicyclic) bond motifs is 1. The van der Waals surface area contributed by atoms with Crippen molar-refractivity contribution in [2.45, 2.75) is 19.1 Å². The van der Waals surface area contributed by atoms with E-state index >= 15 is 0 Å². The first-order valence-corrected chi connectivity index (χ1v) is 10.1. The van der Waals surface area contributed by atoms with Crippen LogP contribution in [0.3, 0.4) is 0 Å². The van der Waals surface area contributed by atoms with Crippen LogP contribution in [0.2, 0.25) is 5.02 Å². The highest BCUT2D eigenvalue weighted by molar-refractivity contribution is 6.30. The van der Waals surface area contributed by atoms with E-state index in [0.29, 0.717) is 23.6 Å². The second-order valence-electron chi connectivity index (χ2n) is 7.37. The van der Waals surface area contributed by atoms with E-state index in [9.17, 15) is 14.3 Å². The molecule has 0 aliphatic carbocycles. The number of aliphatic hydroxyl groups excluding tert-OH is 1. The SMILES string of the molecule is O=c1[nH]c(CCC(O)N2CCN(c3ccc(Cl)cc3)CC2)cc2ccc(F)cc12. The van der Waals surface area contributed by atoms with E-state index in [4.69, 9.17) is 11.6 Å². The third-order valence-corrected chi connectivity index (χ3v) is 5.72. The van der Waals surface area contributed by atoms with Crippen molar-refractivity contribution in [1.82, 2.24) is 9.88 Å². The molecule has 0 radical (unpaired) electrons. The lowest BCUT2D eigenvalue weighted by atomic mass is 10.1. The van der Waals surface area contributed by atoms with Crippen LogP contribution in [0.4, 0.5) is 10.1 Å². The third-order valence-electron chi connectivity index (χ3n) is 5.46. The van der Waals surface area contributed by atoms with Gasteiger partial charge in [0.05, 0.1) is 0 Å². The van der Waals surface area contributed by atoms with E-state index in [2.05, 4.69) is 14.8 Å². The molecule has 5 nitrogen and oxygen atoms in total. The number of nitrogens with zero attached hydrogens (tertiary/aromatic N) is 2. The Morgan fingerprint density at radius 2 is 1.79 bits per heavy atom. The lowest BCUT2D eigenvalue weighted by Crippen LogP contribution is -2.50. The molecule has 2 aromatic carbocycles. The summed E-state index contributed by atoms with van der Waals surface area (Å²) in [5.41, 5.74) is 1.57. The van der Waals surface area contributed by atoms with Crippen molar-refractivity contribution in [2.75, 3.05) is 31.1 Å². The number of aromatic amines is 1. The molecule has 0 spiro atoms. The van der Waals surface area contributed by atoms with Crippen LogP contribution in [-0.4, -0.2) is 47.4 Å². The summed E-state index contributed by atoms with van der Waals surface area (Å²) < 4.78 is 13.3. The van der Waals surface area contributed by atoms with Gasteiger partial charge in [0.25, 0.3) is 5.56 Å². The molecule has 1 fully saturated rings. The fraction of sp³-hybridized carbons (Fsp3) is 0.318. The molecule has 1 aliphatic heterocycles. The van der Waals surface area contributed by atoms with Gasteiger partial charge in [-0.25, -0.2) is 4.39 Å². The number of nitrogens with one attached hydrogen (secondary N) is 1. The average molecular weight is 416 g/mol. The minimum absolute atomic E-state index is 0.303. The number of halogens is 2. The molecule has 2 heterocycles. The first-order valence-electron chi connectivity index (χ1n) is 9.74. The summed E-state index contributed by atoms with van der Waals surface area (Å²) in [6.45, 7) is 3.18. The summed E-state index contributed by atoms with van der Waals surface area (Å²) in [6.07, 6.45) is 0.486. The second-order valence-corrected chi connectivity index (χ2v) is 7.81. The van der Waals surface area contributed by atoms with Crippen LogP contribution < -0.4 is 10.5 Å². The largest absolute Gasteiger partial charge is 0.378 e. The molecule has 0 amide bonds. The number of benzene rings is 2. The molecule has 0 saturated carbocycles. The molecule has 1 unspecified atom stereocenters. The van der Waals surface area contributed by atoms with Gasteiger partial charge in [0, 0.05) is 48.0 Å². The predicted octanol–water partition coefficient (Wildman–Crippen LogP) is 3.39. The van der Waals surface area contributed by atoms with E-state index in [0.717, 1.165) is 42.6 Å². The Morgan fingerprint density at radius 1 is 1.07 bits per heavy atom. The van der Waals surface area contributed by atoms with Crippen LogP contribution in [0, 0.1) is 5.82 Å². The van der Waals surface area contributed by atoms with Gasteiger partial charge >= 0.3 is 0 Å². The van der Waals surface area contributed by atoms with Crippen molar-refractivity contribution in [3.63, 3.8) is 0 Å². The Morgan fingerprint density at radius 3 is 2.52 bits per heavy atom. The number of hydrogen-bond acceptors (Lipinski definition) is 4. The Bertz CT molecular complexity index is 1050. The highest BCUT2D eigenvalue weighted by Crippen LogP contribution is 2.20. The van der Waals surface area contributed by atoms with Gasteiger partial charge in [-0.1, -0.05) is 17.7 Å². The molecular weight excluding hydrogens is 393 g/mol. The van der Waals surface area contributed by atoms with Crippen molar-refractivity contribution in [1.29, 1.82) is 0 Å². The zero-order valence-corrected chi connectivity index (χ0v) is 16.7. The van der Waals surface area contributed by atoms with E-state index in [1.807, 2.05) is 30.3 Å². The molecule has 3 aromatic rings. The van der Waals surface area contributed by atoms with Gasteiger partial charge in [-0.3, -0.25) is 9.69 Å². The maximum Gasteiger partial charge on any atom is 0.256 e. The number of aryl methyl sites for hydroxylation is 1. The molecule has 7 heteroatoms. The Hall–Kier alpha value is -2.41. The van der Waals surface area contributed by atoms with Crippen LogP contribution in [0.25, 0.3) is 10.8 Å². The topological polar surface area (TPSA) is 59.6 Å². The quantitative estimate of drug-likeness (QED) is 0.670. The minimum Gasteiger partial charge on any atom is -0.378 e. The number of aliphatic hydroxyl groups is 1. The summed E-state index contributed by atoms with van der Waals surface area (Å²) in [5.74, 6) is -0.427. The van der Waals surface area contributed by atoms with E-state index in [1.54, 1.807) is 6.07 Å². The van der Waals surface area contributed by atoms with Gasteiger partial charge in [-0.05, 0) is 60.7 Å². The number of pyridine rings is 1. The number of rotatable bonds is 5. The van der Waals surface area contributed by atoms with Crippen molar-refractivity contribution >= 4 is 28.1 Å². The monoisotopic (exact) mass is 415 g/mol. The van der Waals surface area contributed by atoms with Gasteiger partial charge in [0.1, 0.15) is 12.0 Å². The number of piperazine rings is 1. The maximum atomic E-state index is 13.3. The minimum atomic E-state index is -0.574. The summed E-state index contributed by atoms with van der Waals surface area (Å²) in [7, 11) is 0. The standard InChI is InChI=1S/C22H23ClFN3O2/c23-16-2-6-19(7-3-16)26-9-11-27(12-10-26)21(28)8-5-18-13-15-1-4-17(24)14-20(15)22(29)25-18/h1-4,6-7,13-14,21,28H,5,8-12H2,(H,25,29). The van der Waals surface area contributed by atoms with Crippen LogP contribution in [0.5, 0.6) is 0 Å². The maximum absolute atomic E-state index is 13.3. The predicted molar refractivity (Wildman–Crippen MR) is 114 cm³/mol. The lowest BCUT2D eigenvalue weighted by molar-refractivity contribution is -0.00533. The first-order chi connectivity index (χ1) is 14.0. The van der Waals surface area contributed by atoms with E-state index < -0.39 is 12.0 Å². The van der Waals surface area contributed by atoms with Crippen LogP contribution in [-0.2, 0) is 6.42 Å². The zero-order chi connectivity index (χ0) is 20.4. The lowest BCUT2D eigenvalue weighted by Gasteiger charge is -2.38. The first kappa shape index (κ1) is 19.9. The Balaban J connectivity index is 1.34. The Kier molecular flexibility index (Phi) is 5.85. The van der Waals surface area contributed by atoms with Crippen molar-refractivity contribution < 1.29 is 9.50 Å². The van der Waals surface area contributed by atoms with Gasteiger partial charge < -0.3 is 15.0 Å². The van der Waals surface area contributed by atoms with Gasteiger partial charge in [-0.2, -0.15) is 0 Å². The Labute approximate surface area is 173 Å². The summed E-state index contributed by atoms with van der Waals surface area (Å²) in [5, 5.41) is 12.4. The van der Waals surface area contributed by atoms with Gasteiger partial charge in [0.2, 0.25) is 0 Å². The summed E-state index contributed by atoms with van der Waals surface area (Å²) >= 11 is 5.95. The number of hydrogen-bond donors (Lipinski definition) is 2. The van der Waals surface area contributed by atoms with E-state index in [1.165, 1.54) is 12.1 Å². The van der Waals surface area contributed by atoms with Gasteiger partial charge in [0.15, 0.2) is 0 Å². The van der Waals surface area contributed by atoms with Crippen LogP contribution in [0.1, 0.15) is 12.1 Å². The molecule has 4 rings (SSSR count). The molecular formula is C22H23ClFN3O2. The molecule has 2 N–H and O–H groups in total. The van der Waals surface area contributed by atoms with Crippen molar-refractivity contribution in [3.05, 3.63) is 75.4 Å². The van der Waals surface area contributed by atoms with Gasteiger partial charge in [-0.15, -0.1) is 0 Å². The van der Waals surface area contributed by atoms with Crippen molar-refractivity contribution in [3.8, 4) is 0 Å². The number of anilines is 1.